The molecular weight excluding hydrogens is 222 g/mol. The van der Waals surface area contributed by atoms with Crippen LogP contribution in [0.15, 0.2) is 36.4 Å². The zero-order chi connectivity index (χ0) is 12.8. The molecule has 2 nitrogen and oxygen atoms in total. The number of nitrogens with one attached hydrogen (secondary N) is 1. The molecule has 1 saturated carbocycles. The Labute approximate surface area is 110 Å². The van der Waals surface area contributed by atoms with Gasteiger partial charge in [0.05, 0.1) is 0 Å². The molecule has 0 heterocycles. The van der Waals surface area contributed by atoms with Gasteiger partial charge in [-0.3, -0.25) is 0 Å². The van der Waals surface area contributed by atoms with Crippen molar-refractivity contribution in [2.75, 3.05) is 6.61 Å². The summed E-state index contributed by atoms with van der Waals surface area (Å²) >= 11 is 0. The number of benzene rings is 1. The molecule has 18 heavy (non-hydrogen) atoms. The van der Waals surface area contributed by atoms with Crippen molar-refractivity contribution in [2.24, 2.45) is 0 Å². The molecule has 0 aliphatic heterocycles. The third kappa shape index (κ3) is 4.19. The van der Waals surface area contributed by atoms with Gasteiger partial charge >= 0.3 is 0 Å². The predicted octanol–water partition coefficient (Wildman–Crippen LogP) is 3.67. The van der Waals surface area contributed by atoms with Gasteiger partial charge in [-0.2, -0.15) is 0 Å². The molecule has 1 fully saturated rings. The third-order valence-corrected chi connectivity index (χ3v) is 3.36. The van der Waals surface area contributed by atoms with Gasteiger partial charge < -0.3 is 10.1 Å². The maximum Gasteiger partial charge on any atom is 0.119 e. The molecule has 1 aliphatic rings. The molecular formula is C16H23NO. The minimum atomic E-state index is 0.597. The molecule has 0 amide bonds. The van der Waals surface area contributed by atoms with Crippen LogP contribution in [0.5, 0.6) is 5.75 Å². The predicted molar refractivity (Wildman–Crippen MR) is 75.8 cm³/mol. The van der Waals surface area contributed by atoms with Gasteiger partial charge in [0, 0.05) is 12.6 Å². The van der Waals surface area contributed by atoms with E-state index >= 15 is 0 Å². The standard InChI is InChI=1S/C16H23NO/c1-13(2)12-18-16-9-7-14(8-10-16)11-17-15-5-3-4-6-15/h7-10,15,17H,1,3-6,11-12H2,2H3. The average molecular weight is 245 g/mol. The average Bonchev–Trinajstić information content (AvgIpc) is 2.88. The Morgan fingerprint density at radius 1 is 1.28 bits per heavy atom. The largest absolute Gasteiger partial charge is 0.489 e. The molecule has 0 atom stereocenters. The molecule has 1 aromatic carbocycles. The van der Waals surface area contributed by atoms with E-state index in [0.29, 0.717) is 6.61 Å². The summed E-state index contributed by atoms with van der Waals surface area (Å²) in [6, 6.07) is 9.07. The van der Waals surface area contributed by atoms with Crippen molar-refractivity contribution >= 4 is 0 Å². The zero-order valence-electron chi connectivity index (χ0n) is 11.2. The van der Waals surface area contributed by atoms with Crippen LogP contribution in [0.1, 0.15) is 38.2 Å². The number of ether oxygens (including phenoxy) is 1. The van der Waals surface area contributed by atoms with Gasteiger partial charge in [-0.15, -0.1) is 0 Å². The first-order valence-electron chi connectivity index (χ1n) is 6.83. The fourth-order valence-corrected chi connectivity index (χ4v) is 2.30. The Hall–Kier alpha value is -1.28. The lowest BCUT2D eigenvalue weighted by atomic mass is 10.2. The van der Waals surface area contributed by atoms with E-state index < -0.39 is 0 Å². The SMILES string of the molecule is C=C(C)COc1ccc(CNC2CCCC2)cc1. The van der Waals surface area contributed by atoms with Crippen molar-refractivity contribution in [3.8, 4) is 5.75 Å². The Kier molecular flexibility index (Phi) is 4.82. The highest BCUT2D eigenvalue weighted by molar-refractivity contribution is 5.27. The normalized spacial score (nSPS) is 15.8. The summed E-state index contributed by atoms with van der Waals surface area (Å²) in [5, 5.41) is 3.61. The highest BCUT2D eigenvalue weighted by Crippen LogP contribution is 2.18. The Balaban J connectivity index is 1.77. The first kappa shape index (κ1) is 13.2. The lowest BCUT2D eigenvalue weighted by Gasteiger charge is -2.12. The fourth-order valence-electron chi connectivity index (χ4n) is 2.30. The van der Waals surface area contributed by atoms with E-state index in [9.17, 15) is 0 Å². The smallest absolute Gasteiger partial charge is 0.119 e. The van der Waals surface area contributed by atoms with Crippen LogP contribution in [0.2, 0.25) is 0 Å². The lowest BCUT2D eigenvalue weighted by Crippen LogP contribution is -2.25. The summed E-state index contributed by atoms with van der Waals surface area (Å²) in [5.74, 6) is 0.919. The molecule has 0 aromatic heterocycles. The van der Waals surface area contributed by atoms with E-state index in [0.717, 1.165) is 23.9 Å². The first-order chi connectivity index (χ1) is 8.74. The molecule has 2 rings (SSSR count). The Morgan fingerprint density at radius 3 is 2.56 bits per heavy atom. The second-order valence-electron chi connectivity index (χ2n) is 5.25. The second kappa shape index (κ2) is 6.60. The van der Waals surface area contributed by atoms with Crippen molar-refractivity contribution in [1.82, 2.24) is 5.32 Å². The van der Waals surface area contributed by atoms with E-state index in [1.807, 2.05) is 19.1 Å². The quantitative estimate of drug-likeness (QED) is 0.772. The van der Waals surface area contributed by atoms with Crippen LogP contribution < -0.4 is 10.1 Å². The summed E-state index contributed by atoms with van der Waals surface area (Å²) in [7, 11) is 0. The van der Waals surface area contributed by atoms with Crippen LogP contribution in [-0.4, -0.2) is 12.6 Å². The van der Waals surface area contributed by atoms with E-state index in [4.69, 9.17) is 4.74 Å². The van der Waals surface area contributed by atoms with Crippen molar-refractivity contribution in [3.05, 3.63) is 42.0 Å². The molecule has 0 bridgehead atoms. The van der Waals surface area contributed by atoms with Gasteiger partial charge in [-0.25, -0.2) is 0 Å². The maximum atomic E-state index is 5.58. The van der Waals surface area contributed by atoms with Crippen LogP contribution in [0.3, 0.4) is 0 Å². The molecule has 0 unspecified atom stereocenters. The van der Waals surface area contributed by atoms with E-state index in [-0.39, 0.29) is 0 Å². The number of hydrogen-bond donors (Lipinski definition) is 1. The van der Waals surface area contributed by atoms with Gasteiger partial charge in [-0.05, 0) is 43.0 Å². The topological polar surface area (TPSA) is 21.3 Å². The van der Waals surface area contributed by atoms with Gasteiger partial charge in [0.1, 0.15) is 12.4 Å². The first-order valence-corrected chi connectivity index (χ1v) is 6.83. The summed E-state index contributed by atoms with van der Waals surface area (Å²) in [6.45, 7) is 7.36. The fraction of sp³-hybridized carbons (Fsp3) is 0.500. The lowest BCUT2D eigenvalue weighted by molar-refractivity contribution is 0.352. The van der Waals surface area contributed by atoms with Gasteiger partial charge in [-0.1, -0.05) is 31.6 Å². The summed E-state index contributed by atoms with van der Waals surface area (Å²) in [4.78, 5) is 0. The summed E-state index contributed by atoms with van der Waals surface area (Å²) in [6.07, 6.45) is 5.43. The van der Waals surface area contributed by atoms with Crippen molar-refractivity contribution in [2.45, 2.75) is 45.2 Å². The molecule has 1 N–H and O–H groups in total. The number of hydrogen-bond acceptors (Lipinski definition) is 2. The van der Waals surface area contributed by atoms with E-state index in [2.05, 4.69) is 24.0 Å². The minimum Gasteiger partial charge on any atom is -0.489 e. The zero-order valence-corrected chi connectivity index (χ0v) is 11.2. The van der Waals surface area contributed by atoms with Crippen LogP contribution >= 0.6 is 0 Å². The monoisotopic (exact) mass is 245 g/mol. The maximum absolute atomic E-state index is 5.58. The van der Waals surface area contributed by atoms with E-state index in [1.54, 1.807) is 0 Å². The second-order valence-corrected chi connectivity index (χ2v) is 5.25. The molecule has 1 aromatic rings. The van der Waals surface area contributed by atoms with E-state index in [1.165, 1.54) is 31.2 Å². The van der Waals surface area contributed by atoms with Crippen LogP contribution in [0.4, 0.5) is 0 Å². The van der Waals surface area contributed by atoms with Crippen LogP contribution in [0, 0.1) is 0 Å². The highest BCUT2D eigenvalue weighted by atomic mass is 16.5. The van der Waals surface area contributed by atoms with Crippen molar-refractivity contribution < 1.29 is 4.74 Å². The minimum absolute atomic E-state index is 0.597. The Bertz CT molecular complexity index is 377. The van der Waals surface area contributed by atoms with Gasteiger partial charge in [0.25, 0.3) is 0 Å². The van der Waals surface area contributed by atoms with Crippen LogP contribution in [0.25, 0.3) is 0 Å². The molecule has 0 saturated heterocycles. The van der Waals surface area contributed by atoms with Gasteiger partial charge in [0.15, 0.2) is 0 Å². The highest BCUT2D eigenvalue weighted by Gasteiger charge is 2.13. The molecule has 0 spiro atoms. The van der Waals surface area contributed by atoms with Crippen molar-refractivity contribution in [3.63, 3.8) is 0 Å². The number of rotatable bonds is 6. The molecule has 1 aliphatic carbocycles. The Morgan fingerprint density at radius 2 is 1.94 bits per heavy atom. The molecule has 0 radical (unpaired) electrons. The summed E-state index contributed by atoms with van der Waals surface area (Å²) in [5.41, 5.74) is 2.37. The van der Waals surface area contributed by atoms with Gasteiger partial charge in [0.2, 0.25) is 0 Å². The third-order valence-electron chi connectivity index (χ3n) is 3.36. The molecule has 2 heteroatoms. The van der Waals surface area contributed by atoms with Crippen molar-refractivity contribution in [1.29, 1.82) is 0 Å². The van der Waals surface area contributed by atoms with Crippen LogP contribution in [-0.2, 0) is 6.54 Å². The summed E-state index contributed by atoms with van der Waals surface area (Å²) < 4.78 is 5.58. The molecule has 98 valence electrons.